The van der Waals surface area contributed by atoms with E-state index in [1.807, 2.05) is 18.2 Å². The third-order valence-electron chi connectivity index (χ3n) is 6.06. The van der Waals surface area contributed by atoms with Crippen LogP contribution in [0.25, 0.3) is 0 Å². The molecule has 1 atom stereocenters. The van der Waals surface area contributed by atoms with E-state index in [1.165, 1.54) is 19.2 Å². The zero-order valence-corrected chi connectivity index (χ0v) is 19.7. The van der Waals surface area contributed by atoms with Gasteiger partial charge in [0.05, 0.1) is 37.9 Å². The number of nitro groups is 1. The fourth-order valence-corrected chi connectivity index (χ4v) is 4.27. The smallest absolute Gasteiger partial charge is 0.269 e. The predicted molar refractivity (Wildman–Crippen MR) is 129 cm³/mol. The Kier molecular flexibility index (Phi) is 7.05. The molecule has 0 aromatic heterocycles. The Morgan fingerprint density at radius 2 is 1.63 bits per heavy atom. The molecule has 1 amide bonds. The van der Waals surface area contributed by atoms with Crippen LogP contribution in [-0.2, 0) is 6.42 Å². The summed E-state index contributed by atoms with van der Waals surface area (Å²) in [5.41, 5.74) is 2.35. The highest BCUT2D eigenvalue weighted by molar-refractivity contribution is 5.97. The zero-order valence-electron chi connectivity index (χ0n) is 19.7. The highest BCUT2D eigenvalue weighted by Crippen LogP contribution is 2.39. The second kappa shape index (κ2) is 10.3. The van der Waals surface area contributed by atoms with Gasteiger partial charge in [-0.1, -0.05) is 12.1 Å². The van der Waals surface area contributed by atoms with Crippen LogP contribution in [0.1, 0.15) is 27.5 Å². The van der Waals surface area contributed by atoms with Crippen molar-refractivity contribution in [3.63, 3.8) is 0 Å². The molecule has 0 saturated carbocycles. The number of nitro benzene ring substituents is 1. The van der Waals surface area contributed by atoms with Crippen LogP contribution >= 0.6 is 0 Å². The summed E-state index contributed by atoms with van der Waals surface area (Å²) in [7, 11) is 4.68. The highest BCUT2D eigenvalue weighted by Gasteiger charge is 2.34. The summed E-state index contributed by atoms with van der Waals surface area (Å²) in [5, 5.41) is 11.0. The van der Waals surface area contributed by atoms with Crippen LogP contribution in [0.5, 0.6) is 23.0 Å². The molecule has 1 aliphatic rings. The maximum atomic E-state index is 13.7. The van der Waals surface area contributed by atoms with Gasteiger partial charge in [-0.25, -0.2) is 0 Å². The maximum Gasteiger partial charge on any atom is 0.269 e. The van der Waals surface area contributed by atoms with Crippen molar-refractivity contribution < 1.29 is 28.7 Å². The van der Waals surface area contributed by atoms with E-state index in [2.05, 4.69) is 0 Å². The molecule has 0 radical (unpaired) electrons. The molecule has 9 heteroatoms. The molecule has 1 unspecified atom stereocenters. The summed E-state index contributed by atoms with van der Waals surface area (Å²) in [6.45, 7) is 0.606. The van der Waals surface area contributed by atoms with Crippen LogP contribution in [-0.4, -0.2) is 50.2 Å². The number of para-hydroxylation sites is 1. The van der Waals surface area contributed by atoms with Crippen molar-refractivity contribution in [3.8, 4) is 23.0 Å². The molecular weight excluding hydrogens is 452 g/mol. The van der Waals surface area contributed by atoms with E-state index < -0.39 is 11.0 Å². The van der Waals surface area contributed by atoms with E-state index in [4.69, 9.17) is 18.9 Å². The molecule has 35 heavy (non-hydrogen) atoms. The van der Waals surface area contributed by atoms with Gasteiger partial charge in [-0.15, -0.1) is 0 Å². The van der Waals surface area contributed by atoms with Crippen molar-refractivity contribution in [1.29, 1.82) is 0 Å². The molecule has 3 aromatic carbocycles. The van der Waals surface area contributed by atoms with Crippen LogP contribution in [0.3, 0.4) is 0 Å². The minimum atomic E-state index is -0.464. The van der Waals surface area contributed by atoms with Gasteiger partial charge < -0.3 is 23.8 Å². The Morgan fingerprint density at radius 1 is 0.971 bits per heavy atom. The van der Waals surface area contributed by atoms with Crippen molar-refractivity contribution >= 4 is 11.6 Å². The summed E-state index contributed by atoms with van der Waals surface area (Å²) in [4.78, 5) is 25.9. The molecule has 0 bridgehead atoms. The van der Waals surface area contributed by atoms with Crippen LogP contribution in [0.4, 0.5) is 5.69 Å². The van der Waals surface area contributed by atoms with Gasteiger partial charge >= 0.3 is 0 Å². The summed E-state index contributed by atoms with van der Waals surface area (Å²) < 4.78 is 22.4. The minimum absolute atomic E-state index is 0.0230. The molecule has 9 nitrogen and oxygen atoms in total. The average molecular weight is 479 g/mol. The third-order valence-corrected chi connectivity index (χ3v) is 6.06. The van der Waals surface area contributed by atoms with Gasteiger partial charge in [0.2, 0.25) is 0 Å². The van der Waals surface area contributed by atoms with Crippen LogP contribution in [0.15, 0.2) is 60.7 Å². The first-order valence-electron chi connectivity index (χ1n) is 11.0. The van der Waals surface area contributed by atoms with E-state index >= 15 is 0 Å². The van der Waals surface area contributed by atoms with Gasteiger partial charge in [0.25, 0.3) is 11.6 Å². The van der Waals surface area contributed by atoms with Crippen LogP contribution < -0.4 is 18.9 Å². The first kappa shape index (κ1) is 23.9. The summed E-state index contributed by atoms with van der Waals surface area (Å²) in [5.74, 6) is 1.95. The number of methoxy groups -OCH3 is 3. The number of fused-ring (bicyclic) bond motifs is 1. The number of non-ortho nitro benzene ring substituents is 1. The molecule has 0 fully saturated rings. The third kappa shape index (κ3) is 4.84. The fraction of sp³-hybridized carbons (Fsp3) is 0.269. The lowest BCUT2D eigenvalue weighted by atomic mass is 9.91. The minimum Gasteiger partial charge on any atom is -0.496 e. The van der Waals surface area contributed by atoms with Crippen LogP contribution in [0.2, 0.25) is 0 Å². The van der Waals surface area contributed by atoms with Crippen molar-refractivity contribution in [2.75, 3.05) is 34.5 Å². The van der Waals surface area contributed by atoms with Gasteiger partial charge in [0.15, 0.2) is 11.5 Å². The molecule has 0 aliphatic carbocycles. The number of carbonyl (C=O) groups excluding carboxylic acids is 1. The van der Waals surface area contributed by atoms with E-state index in [9.17, 15) is 14.9 Å². The van der Waals surface area contributed by atoms with Gasteiger partial charge in [-0.3, -0.25) is 14.9 Å². The van der Waals surface area contributed by atoms with Crippen molar-refractivity contribution in [1.82, 2.24) is 4.90 Å². The van der Waals surface area contributed by atoms with E-state index in [0.29, 0.717) is 41.5 Å². The second-order valence-corrected chi connectivity index (χ2v) is 7.93. The fourth-order valence-electron chi connectivity index (χ4n) is 4.27. The lowest BCUT2D eigenvalue weighted by Crippen LogP contribution is -2.42. The number of benzene rings is 3. The highest BCUT2D eigenvalue weighted by atomic mass is 16.6. The number of amides is 1. The lowest BCUT2D eigenvalue weighted by molar-refractivity contribution is -0.384. The summed E-state index contributed by atoms with van der Waals surface area (Å²) in [6.07, 6.45) is 0.630. The monoisotopic (exact) mass is 478 g/mol. The number of rotatable bonds is 8. The van der Waals surface area contributed by atoms with Crippen molar-refractivity contribution in [3.05, 3.63) is 87.5 Å². The van der Waals surface area contributed by atoms with Crippen molar-refractivity contribution in [2.24, 2.45) is 0 Å². The molecule has 1 aliphatic heterocycles. The Morgan fingerprint density at radius 3 is 2.29 bits per heavy atom. The topological polar surface area (TPSA) is 100 Å². The molecule has 0 N–H and O–H groups in total. The molecule has 3 aromatic rings. The first-order chi connectivity index (χ1) is 17.0. The standard InChI is InChI=1S/C26H26N2O7/c1-32-23-7-5-4-6-20(23)26(29)27-13-12-17-14-24(33-2)25(34-3)15-21(17)22(27)16-35-19-10-8-18(9-11-19)28(30)31/h4-11,14-15,22H,12-13,16H2,1-3H3. The Bertz CT molecular complexity index is 1230. The Hall–Kier alpha value is -4.27. The van der Waals surface area contributed by atoms with E-state index in [-0.39, 0.29) is 18.2 Å². The predicted octanol–water partition coefficient (Wildman–Crippen LogP) is 4.44. The van der Waals surface area contributed by atoms with E-state index in [0.717, 1.165) is 11.1 Å². The van der Waals surface area contributed by atoms with Crippen molar-refractivity contribution in [2.45, 2.75) is 12.5 Å². The normalized spacial score (nSPS) is 14.6. The molecule has 4 rings (SSSR count). The lowest BCUT2D eigenvalue weighted by Gasteiger charge is -2.38. The SMILES string of the molecule is COc1cc2c(cc1OC)C(COc1ccc([N+](=O)[O-])cc1)N(C(=O)c1ccccc1OC)CC2. The molecule has 0 saturated heterocycles. The van der Waals surface area contributed by atoms with E-state index in [1.54, 1.807) is 49.5 Å². The summed E-state index contributed by atoms with van der Waals surface area (Å²) >= 11 is 0. The maximum absolute atomic E-state index is 13.7. The molecule has 182 valence electrons. The quantitative estimate of drug-likeness (QED) is 0.349. The van der Waals surface area contributed by atoms with Gasteiger partial charge in [0, 0.05) is 18.7 Å². The number of nitrogens with zero attached hydrogens (tertiary/aromatic N) is 2. The van der Waals surface area contributed by atoms with Gasteiger partial charge in [0.1, 0.15) is 18.1 Å². The Labute approximate surface area is 202 Å². The molecule has 1 heterocycles. The molecule has 0 spiro atoms. The average Bonchev–Trinajstić information content (AvgIpc) is 2.90. The zero-order chi connectivity index (χ0) is 24.9. The number of hydrogen-bond acceptors (Lipinski definition) is 7. The largest absolute Gasteiger partial charge is 0.496 e. The van der Waals surface area contributed by atoms with Crippen LogP contribution in [0, 0.1) is 10.1 Å². The second-order valence-electron chi connectivity index (χ2n) is 7.93. The first-order valence-corrected chi connectivity index (χ1v) is 11.0. The Balaban J connectivity index is 1.70. The molecular formula is C26H26N2O7. The summed E-state index contributed by atoms with van der Waals surface area (Å²) in [6, 6.07) is 16.3. The number of ether oxygens (including phenoxy) is 4. The number of carbonyl (C=O) groups is 1. The van der Waals surface area contributed by atoms with Gasteiger partial charge in [-0.2, -0.15) is 0 Å². The van der Waals surface area contributed by atoms with Gasteiger partial charge in [-0.05, 0) is 53.9 Å². The number of hydrogen-bond donors (Lipinski definition) is 0.